The Hall–Kier alpha value is -2.53. The van der Waals surface area contributed by atoms with Crippen LogP contribution >= 0.6 is 0 Å². The predicted octanol–water partition coefficient (Wildman–Crippen LogP) is 14.1. The summed E-state index contributed by atoms with van der Waals surface area (Å²) in [5.74, 6) is -6.09. The van der Waals surface area contributed by atoms with Crippen LogP contribution < -0.4 is 10.6 Å². The number of nitrogens with one attached hydrogen (secondary N) is 2. The van der Waals surface area contributed by atoms with Crippen molar-refractivity contribution in [2.45, 2.75) is 497 Å². The Kier molecular flexibility index (Phi) is 60.5. The first-order valence-corrected chi connectivity index (χ1v) is 45.0. The van der Waals surface area contributed by atoms with Gasteiger partial charge in [0.05, 0.1) is 50.7 Å². The molecule has 648 valence electrons. The van der Waals surface area contributed by atoms with Gasteiger partial charge < -0.3 is 100 Å². The van der Waals surface area contributed by atoms with Gasteiger partial charge in [0, 0.05) is 19.8 Å². The molecule has 14 N–H and O–H groups in total. The standard InChI is InChI=1S/C87H164N2O21/c1-4-6-8-10-12-14-16-18-20-22-24-26-28-30-31-32-33-34-35-37-39-41-43-45-47-49-51-53-55-57-59-61-74(97)89-68(69(94)60-58-56-54-52-50-48-46-44-42-40-38-36-29-27-25-23-21-19-17-15-13-11-9-7-5-2)66-105-84-79(101)78(100)81(73(65-92)107-84)108-85-80(102)83(77(99)72(64-91)106-85)110-87(86(103)104)62-70(95)75(88-67(3)93)82(109-87)76(98)71(96)63-90/h30-31,68-73,75-85,90-92,94-96,98-102H,4-29,32-66H2,1-3H3,(H,88,93)(H,89,97)(H,103,104)/b31-30-. The maximum Gasteiger partial charge on any atom is 0.364 e. The highest BCUT2D eigenvalue weighted by molar-refractivity contribution is 5.77. The molecule has 3 fully saturated rings. The molecule has 3 aliphatic heterocycles. The molecule has 0 saturated carbocycles. The number of aliphatic carboxylic acids is 1. The molecule has 3 aliphatic rings. The van der Waals surface area contributed by atoms with Gasteiger partial charge in [-0.15, -0.1) is 0 Å². The van der Waals surface area contributed by atoms with Crippen LogP contribution in [-0.2, 0) is 42.8 Å². The highest BCUT2D eigenvalue weighted by Crippen LogP contribution is 2.39. The van der Waals surface area contributed by atoms with Crippen LogP contribution in [-0.4, -0.2) is 215 Å². The molecule has 0 spiro atoms. The molecule has 2 amide bonds. The lowest BCUT2D eigenvalue weighted by molar-refractivity contribution is -0.386. The van der Waals surface area contributed by atoms with Crippen LogP contribution in [0.2, 0.25) is 0 Å². The average Bonchev–Trinajstić information content (AvgIpc) is 0.760. The molecule has 23 nitrogen and oxygen atoms in total. The van der Waals surface area contributed by atoms with Crippen molar-refractivity contribution < 1.29 is 104 Å². The molecule has 18 atom stereocenters. The number of aliphatic hydroxyl groups excluding tert-OH is 11. The van der Waals surface area contributed by atoms with Gasteiger partial charge in [-0.2, -0.15) is 0 Å². The summed E-state index contributed by atoms with van der Waals surface area (Å²) in [6, 6.07) is -2.53. The fourth-order valence-electron chi connectivity index (χ4n) is 15.9. The van der Waals surface area contributed by atoms with Crippen LogP contribution in [0.25, 0.3) is 0 Å². The maximum absolute atomic E-state index is 13.6. The molecule has 0 aromatic rings. The SMILES string of the molecule is CCCCCCCCCCCCCC/C=C\CCCCCCCCCCCCCCCCCC(=O)NC(COC1OC(CO)C(OC2OC(CO)C(O)C(OC3(C(=O)O)CC(O)C(NC(C)=O)C(C(O)C(O)CO)O3)C2O)C(O)C1O)C(O)CCCCCCCCCCCCCCCCCCCCCCCCCCC. The van der Waals surface area contributed by atoms with E-state index in [0.717, 1.165) is 58.3 Å². The van der Waals surface area contributed by atoms with Gasteiger partial charge in [-0.25, -0.2) is 4.79 Å². The van der Waals surface area contributed by atoms with Crippen molar-refractivity contribution in [2.24, 2.45) is 0 Å². The number of carbonyl (C=O) groups excluding carboxylic acids is 2. The zero-order valence-electron chi connectivity index (χ0n) is 69.1. The van der Waals surface area contributed by atoms with E-state index >= 15 is 0 Å². The summed E-state index contributed by atoms with van der Waals surface area (Å²) in [7, 11) is 0. The maximum atomic E-state index is 13.6. The monoisotopic (exact) mass is 1570 g/mol. The summed E-state index contributed by atoms with van der Waals surface area (Å²) in [5, 5.41) is 137. The molecule has 18 unspecified atom stereocenters. The van der Waals surface area contributed by atoms with Gasteiger partial charge in [0.2, 0.25) is 11.8 Å². The van der Waals surface area contributed by atoms with Crippen molar-refractivity contribution in [3.63, 3.8) is 0 Å². The van der Waals surface area contributed by atoms with Gasteiger partial charge in [0.15, 0.2) is 12.6 Å². The second-order valence-electron chi connectivity index (χ2n) is 32.8. The van der Waals surface area contributed by atoms with Gasteiger partial charge in [-0.05, 0) is 38.5 Å². The van der Waals surface area contributed by atoms with E-state index in [0.29, 0.717) is 19.3 Å². The number of amides is 2. The third kappa shape index (κ3) is 44.1. The van der Waals surface area contributed by atoms with Gasteiger partial charge in [0.1, 0.15) is 67.1 Å². The topological polar surface area (TPSA) is 373 Å². The second-order valence-corrected chi connectivity index (χ2v) is 32.8. The quantitative estimate of drug-likeness (QED) is 0.0199. The Balaban J connectivity index is 1.45. The number of carboxylic acid groups (broad SMARTS) is 1. The predicted molar refractivity (Wildman–Crippen MR) is 431 cm³/mol. The normalized spacial score (nSPS) is 25.6. The second kappa shape index (κ2) is 65.5. The lowest BCUT2D eigenvalue weighted by Crippen LogP contribution is -2.70. The molecule has 23 heteroatoms. The third-order valence-corrected chi connectivity index (χ3v) is 23.0. The fourth-order valence-corrected chi connectivity index (χ4v) is 15.9. The van der Waals surface area contributed by atoms with E-state index in [1.807, 2.05) is 0 Å². The van der Waals surface area contributed by atoms with Crippen molar-refractivity contribution in [1.82, 2.24) is 10.6 Å². The number of carboxylic acids is 1. The van der Waals surface area contributed by atoms with Crippen LogP contribution in [0.3, 0.4) is 0 Å². The van der Waals surface area contributed by atoms with Crippen LogP contribution in [0.1, 0.15) is 387 Å². The molecule has 3 rings (SSSR count). The van der Waals surface area contributed by atoms with Crippen molar-refractivity contribution in [3.8, 4) is 0 Å². The van der Waals surface area contributed by atoms with Crippen molar-refractivity contribution in [2.75, 3.05) is 26.4 Å². The zero-order valence-corrected chi connectivity index (χ0v) is 69.1. The van der Waals surface area contributed by atoms with Crippen molar-refractivity contribution >= 4 is 17.8 Å². The molecule has 3 saturated heterocycles. The number of allylic oxidation sites excluding steroid dienone is 2. The van der Waals surface area contributed by atoms with Crippen LogP contribution in [0, 0.1) is 0 Å². The number of rotatable bonds is 73. The largest absolute Gasteiger partial charge is 0.477 e. The van der Waals surface area contributed by atoms with Crippen molar-refractivity contribution in [3.05, 3.63) is 12.2 Å². The average molecular weight is 1570 g/mol. The lowest BCUT2D eigenvalue weighted by atomic mass is 9.88. The van der Waals surface area contributed by atoms with Gasteiger partial charge in [0.25, 0.3) is 5.79 Å². The number of aliphatic hydroxyl groups is 11. The molecule has 3 heterocycles. The molecule has 110 heavy (non-hydrogen) atoms. The van der Waals surface area contributed by atoms with E-state index in [-0.39, 0.29) is 18.9 Å². The zero-order chi connectivity index (χ0) is 80.3. The Bertz CT molecular complexity index is 2220. The van der Waals surface area contributed by atoms with Crippen LogP contribution in [0.4, 0.5) is 0 Å². The molecule has 0 aliphatic carbocycles. The molecular formula is C87H164N2O21. The van der Waals surface area contributed by atoms with E-state index in [4.69, 9.17) is 28.4 Å². The van der Waals surface area contributed by atoms with E-state index in [1.165, 1.54) is 283 Å². The highest BCUT2D eigenvalue weighted by Gasteiger charge is 2.60. The first kappa shape index (κ1) is 102. The van der Waals surface area contributed by atoms with E-state index in [1.54, 1.807) is 0 Å². The summed E-state index contributed by atoms with van der Waals surface area (Å²) in [6.45, 7) is 2.29. The molecule has 0 aromatic heterocycles. The van der Waals surface area contributed by atoms with Gasteiger partial charge in [-0.3, -0.25) is 9.59 Å². The Morgan fingerprint density at radius 1 is 0.464 bits per heavy atom. The summed E-state index contributed by atoms with van der Waals surface area (Å²) >= 11 is 0. The van der Waals surface area contributed by atoms with E-state index in [2.05, 4.69) is 36.6 Å². The van der Waals surface area contributed by atoms with Crippen LogP contribution in [0.15, 0.2) is 12.2 Å². The van der Waals surface area contributed by atoms with Gasteiger partial charge in [-0.1, -0.05) is 341 Å². The minimum atomic E-state index is -3.08. The Morgan fingerprint density at radius 2 is 0.845 bits per heavy atom. The Morgan fingerprint density at radius 3 is 1.23 bits per heavy atom. The minimum Gasteiger partial charge on any atom is -0.477 e. The first-order valence-electron chi connectivity index (χ1n) is 45.0. The molecular weight excluding hydrogens is 1410 g/mol. The third-order valence-electron chi connectivity index (χ3n) is 23.0. The molecule has 0 radical (unpaired) electrons. The molecule has 0 bridgehead atoms. The number of ether oxygens (including phenoxy) is 6. The lowest BCUT2D eigenvalue weighted by Gasteiger charge is -2.50. The number of hydrogen-bond donors (Lipinski definition) is 14. The summed E-state index contributed by atoms with van der Waals surface area (Å²) in [5.41, 5.74) is 0. The van der Waals surface area contributed by atoms with Crippen molar-refractivity contribution in [1.29, 1.82) is 0 Å². The minimum absolute atomic E-state index is 0.227. The Labute approximate surface area is 664 Å². The van der Waals surface area contributed by atoms with E-state index in [9.17, 15) is 75.7 Å². The summed E-state index contributed by atoms with van der Waals surface area (Å²) in [4.78, 5) is 38.8. The number of unbranched alkanes of at least 4 members (excludes halogenated alkanes) is 51. The van der Waals surface area contributed by atoms with E-state index < -0.39 is 148 Å². The number of carbonyl (C=O) groups is 3. The highest BCUT2D eigenvalue weighted by atomic mass is 16.8. The van der Waals surface area contributed by atoms with Crippen LogP contribution in [0.5, 0.6) is 0 Å². The fraction of sp³-hybridized carbons (Fsp3) is 0.943. The van der Waals surface area contributed by atoms with Gasteiger partial charge >= 0.3 is 5.97 Å². The summed E-state index contributed by atoms with van der Waals surface area (Å²) < 4.78 is 35.1. The molecule has 0 aromatic carbocycles. The number of hydrogen-bond acceptors (Lipinski definition) is 20. The first-order chi connectivity index (χ1) is 53.4. The summed E-state index contributed by atoms with van der Waals surface area (Å²) in [6.07, 6.45) is 45.0. The smallest absolute Gasteiger partial charge is 0.364 e.